The zero-order chi connectivity index (χ0) is 18.6. The van der Waals surface area contributed by atoms with Crippen LogP contribution in [0.2, 0.25) is 0 Å². The third-order valence-corrected chi connectivity index (χ3v) is 4.84. The van der Waals surface area contributed by atoms with Crippen LogP contribution in [0.5, 0.6) is 0 Å². The summed E-state index contributed by atoms with van der Waals surface area (Å²) in [6.45, 7) is 3.79. The molecule has 0 aliphatic heterocycles. The Morgan fingerprint density at radius 2 is 1.80 bits per heavy atom. The second-order valence-electron chi connectivity index (χ2n) is 6.59. The summed E-state index contributed by atoms with van der Waals surface area (Å²) >= 11 is 0. The molecule has 1 aromatic rings. The average Bonchev–Trinajstić information content (AvgIpc) is 2.56. The molecule has 1 saturated carbocycles. The number of carbonyl (C=O) groups excluding carboxylic acids is 2. The van der Waals surface area contributed by atoms with Gasteiger partial charge in [-0.15, -0.1) is 0 Å². The van der Waals surface area contributed by atoms with Gasteiger partial charge in [0.15, 0.2) is 6.61 Å². The molecule has 0 aromatic heterocycles. The highest BCUT2D eigenvalue weighted by atomic mass is 19.4. The van der Waals surface area contributed by atoms with E-state index in [2.05, 4.69) is 19.2 Å². The molecule has 138 valence electrons. The number of hydrogen-bond acceptors (Lipinski definition) is 3. The molecule has 2 rings (SSSR count). The van der Waals surface area contributed by atoms with E-state index in [1.807, 2.05) is 0 Å². The maximum atomic E-state index is 12.5. The number of hydrogen-bond donors (Lipinski definition) is 1. The molecule has 1 amide bonds. The summed E-state index contributed by atoms with van der Waals surface area (Å²) in [5.41, 5.74) is -0.873. The number of alkyl halides is 3. The lowest BCUT2D eigenvalue weighted by molar-refractivity contribution is -0.137. The van der Waals surface area contributed by atoms with E-state index in [0.29, 0.717) is 11.8 Å². The monoisotopic (exact) mass is 357 g/mol. The van der Waals surface area contributed by atoms with Gasteiger partial charge in [-0.1, -0.05) is 26.7 Å². The van der Waals surface area contributed by atoms with E-state index in [1.54, 1.807) is 0 Å². The molecule has 0 saturated heterocycles. The van der Waals surface area contributed by atoms with Crippen LogP contribution in [-0.4, -0.2) is 24.5 Å². The summed E-state index contributed by atoms with van der Waals surface area (Å²) in [6.07, 6.45) is -1.39. The molecule has 0 radical (unpaired) electrons. The number of halogens is 3. The third kappa shape index (κ3) is 5.21. The van der Waals surface area contributed by atoms with Crippen LogP contribution in [0.15, 0.2) is 24.3 Å². The molecule has 1 aliphatic rings. The molecular formula is C18H22F3NO3. The van der Waals surface area contributed by atoms with E-state index in [9.17, 15) is 22.8 Å². The number of ether oxygens (including phenoxy) is 1. The predicted molar refractivity (Wildman–Crippen MR) is 85.8 cm³/mol. The van der Waals surface area contributed by atoms with Crippen LogP contribution in [0.1, 0.15) is 49.0 Å². The highest BCUT2D eigenvalue weighted by Crippen LogP contribution is 2.30. The van der Waals surface area contributed by atoms with Gasteiger partial charge in [-0.3, -0.25) is 4.79 Å². The average molecular weight is 357 g/mol. The van der Waals surface area contributed by atoms with Gasteiger partial charge >= 0.3 is 12.1 Å². The zero-order valence-electron chi connectivity index (χ0n) is 14.2. The van der Waals surface area contributed by atoms with Crippen molar-refractivity contribution in [1.29, 1.82) is 0 Å². The summed E-state index contributed by atoms with van der Waals surface area (Å²) in [7, 11) is 0. The van der Waals surface area contributed by atoms with E-state index in [-0.39, 0.29) is 11.6 Å². The molecule has 25 heavy (non-hydrogen) atoms. The van der Waals surface area contributed by atoms with E-state index in [1.165, 1.54) is 0 Å². The van der Waals surface area contributed by atoms with Gasteiger partial charge in [0.1, 0.15) is 0 Å². The second kappa shape index (κ2) is 7.89. The molecule has 0 bridgehead atoms. The zero-order valence-corrected chi connectivity index (χ0v) is 14.2. The largest absolute Gasteiger partial charge is 0.452 e. The van der Waals surface area contributed by atoms with Crippen LogP contribution >= 0.6 is 0 Å². The Morgan fingerprint density at radius 1 is 1.16 bits per heavy atom. The van der Waals surface area contributed by atoms with Crippen LogP contribution in [-0.2, 0) is 15.7 Å². The highest BCUT2D eigenvalue weighted by Gasteiger charge is 2.30. The SMILES string of the molecule is C[C@H]1[C@@H](NC(=O)COC(=O)c2ccc(C(F)(F)F)cc2)CCC[C@@H]1C. The van der Waals surface area contributed by atoms with Crippen LogP contribution in [0.3, 0.4) is 0 Å². The van der Waals surface area contributed by atoms with Crippen molar-refractivity contribution < 1.29 is 27.5 Å². The first kappa shape index (κ1) is 19.3. The fraction of sp³-hybridized carbons (Fsp3) is 0.556. The molecule has 7 heteroatoms. The minimum Gasteiger partial charge on any atom is -0.452 e. The fourth-order valence-electron chi connectivity index (χ4n) is 3.04. The number of amides is 1. The summed E-state index contributed by atoms with van der Waals surface area (Å²) in [6, 6.07) is 3.74. The molecule has 1 N–H and O–H groups in total. The smallest absolute Gasteiger partial charge is 0.416 e. The number of nitrogens with one attached hydrogen (secondary N) is 1. The van der Waals surface area contributed by atoms with Crippen molar-refractivity contribution in [2.75, 3.05) is 6.61 Å². The van der Waals surface area contributed by atoms with E-state index in [0.717, 1.165) is 43.5 Å². The van der Waals surface area contributed by atoms with Crippen LogP contribution in [0.4, 0.5) is 13.2 Å². The topological polar surface area (TPSA) is 55.4 Å². The van der Waals surface area contributed by atoms with Crippen molar-refractivity contribution in [1.82, 2.24) is 5.32 Å². The highest BCUT2D eigenvalue weighted by molar-refractivity contribution is 5.91. The van der Waals surface area contributed by atoms with Crippen LogP contribution in [0.25, 0.3) is 0 Å². The summed E-state index contributed by atoms with van der Waals surface area (Å²) in [4.78, 5) is 23.8. The molecule has 3 atom stereocenters. The van der Waals surface area contributed by atoms with Crippen molar-refractivity contribution in [3.05, 3.63) is 35.4 Å². The first-order valence-corrected chi connectivity index (χ1v) is 8.32. The molecule has 0 spiro atoms. The number of rotatable bonds is 4. The quantitative estimate of drug-likeness (QED) is 0.834. The van der Waals surface area contributed by atoms with Gasteiger partial charge in [-0.25, -0.2) is 4.79 Å². The van der Waals surface area contributed by atoms with Gasteiger partial charge in [0.25, 0.3) is 5.91 Å². The Bertz CT molecular complexity index is 613. The van der Waals surface area contributed by atoms with Crippen molar-refractivity contribution in [2.24, 2.45) is 11.8 Å². The molecule has 1 aliphatic carbocycles. The van der Waals surface area contributed by atoms with Gasteiger partial charge < -0.3 is 10.1 Å². The maximum Gasteiger partial charge on any atom is 0.416 e. The van der Waals surface area contributed by atoms with Crippen molar-refractivity contribution in [2.45, 2.75) is 45.3 Å². The lowest BCUT2D eigenvalue weighted by atomic mass is 9.78. The Morgan fingerprint density at radius 3 is 2.40 bits per heavy atom. The van der Waals surface area contributed by atoms with Crippen LogP contribution < -0.4 is 5.32 Å². The molecule has 0 unspecified atom stereocenters. The first-order valence-electron chi connectivity index (χ1n) is 8.32. The Kier molecular flexibility index (Phi) is 6.08. The molecule has 1 aromatic carbocycles. The minimum absolute atomic E-state index is 0.0274. The van der Waals surface area contributed by atoms with Gasteiger partial charge in [0, 0.05) is 6.04 Å². The number of esters is 1. The van der Waals surface area contributed by atoms with Gasteiger partial charge in [-0.2, -0.15) is 13.2 Å². The van der Waals surface area contributed by atoms with Crippen molar-refractivity contribution in [3.63, 3.8) is 0 Å². The van der Waals surface area contributed by atoms with Crippen molar-refractivity contribution >= 4 is 11.9 Å². The summed E-state index contributed by atoms with van der Waals surface area (Å²) in [5.74, 6) is -0.350. The standard InChI is InChI=1S/C18H22F3NO3/c1-11-4-3-5-15(12(11)2)22-16(23)10-25-17(24)13-6-8-14(9-7-13)18(19,20)21/h6-9,11-12,15H,3-5,10H2,1-2H3,(H,22,23)/t11-,12+,15-/m0/s1. The molecule has 4 nitrogen and oxygen atoms in total. The van der Waals surface area contributed by atoms with Gasteiger partial charge in [0.05, 0.1) is 11.1 Å². The minimum atomic E-state index is -4.46. The molecule has 1 fully saturated rings. The lowest BCUT2D eigenvalue weighted by Crippen LogP contribution is -2.45. The first-order chi connectivity index (χ1) is 11.7. The Labute approximate surface area is 144 Å². The number of benzene rings is 1. The van der Waals surface area contributed by atoms with Crippen molar-refractivity contribution in [3.8, 4) is 0 Å². The molecular weight excluding hydrogens is 335 g/mol. The van der Waals surface area contributed by atoms with E-state index in [4.69, 9.17) is 4.74 Å². The Balaban J connectivity index is 1.84. The number of carbonyl (C=O) groups is 2. The van der Waals surface area contributed by atoms with Gasteiger partial charge in [-0.05, 0) is 42.5 Å². The van der Waals surface area contributed by atoms with Crippen LogP contribution in [0, 0.1) is 11.8 Å². The Hall–Kier alpha value is -2.05. The predicted octanol–water partition coefficient (Wildman–Crippen LogP) is 3.80. The summed E-state index contributed by atoms with van der Waals surface area (Å²) in [5, 5.41) is 2.87. The maximum absolute atomic E-state index is 12.5. The fourth-order valence-corrected chi connectivity index (χ4v) is 3.04. The van der Waals surface area contributed by atoms with Gasteiger partial charge in [0.2, 0.25) is 0 Å². The van der Waals surface area contributed by atoms with E-state index >= 15 is 0 Å². The second-order valence-corrected chi connectivity index (χ2v) is 6.59. The lowest BCUT2D eigenvalue weighted by Gasteiger charge is -2.34. The third-order valence-electron chi connectivity index (χ3n) is 4.84. The molecule has 0 heterocycles. The summed E-state index contributed by atoms with van der Waals surface area (Å²) < 4.78 is 42.3. The normalized spacial score (nSPS) is 23.8. The van der Waals surface area contributed by atoms with E-state index < -0.39 is 30.2 Å².